The summed E-state index contributed by atoms with van der Waals surface area (Å²) in [5, 5.41) is 19.3. The molecule has 0 bridgehead atoms. The smallest absolute Gasteiger partial charge is 0.255 e. The predicted molar refractivity (Wildman–Crippen MR) is 86.5 cm³/mol. The molecule has 6 nitrogen and oxygen atoms in total. The van der Waals surface area contributed by atoms with Crippen molar-refractivity contribution in [3.63, 3.8) is 0 Å². The molecule has 0 unspecified atom stereocenters. The van der Waals surface area contributed by atoms with E-state index >= 15 is 0 Å². The zero-order chi connectivity index (χ0) is 16.6. The van der Waals surface area contributed by atoms with Gasteiger partial charge in [0.15, 0.2) is 0 Å². The van der Waals surface area contributed by atoms with Crippen LogP contribution >= 0.6 is 0 Å². The SMILES string of the molecule is CC(C)c1nc2c(c(=O)[nH]1)CN(Cc1ccc(O)cc1O)CC2. The standard InChI is InChI=1S/C17H21N3O3/c1-10(2)16-18-14-5-6-20(9-13(14)17(23)19-16)8-11-3-4-12(21)7-15(11)22/h3-4,7,10,21-22H,5-6,8-9H2,1-2H3,(H,18,19,23). The summed E-state index contributed by atoms with van der Waals surface area (Å²) in [5.41, 5.74) is 2.25. The number of benzene rings is 1. The van der Waals surface area contributed by atoms with Gasteiger partial charge in [0.1, 0.15) is 17.3 Å². The van der Waals surface area contributed by atoms with E-state index < -0.39 is 0 Å². The maximum absolute atomic E-state index is 12.3. The van der Waals surface area contributed by atoms with Gasteiger partial charge in [0.2, 0.25) is 0 Å². The molecule has 0 fully saturated rings. The third-order valence-electron chi connectivity index (χ3n) is 4.18. The molecule has 6 heteroatoms. The summed E-state index contributed by atoms with van der Waals surface area (Å²) in [6.07, 6.45) is 0.720. The number of aromatic nitrogens is 2. The number of aromatic hydroxyl groups is 2. The Bertz CT molecular complexity index is 783. The summed E-state index contributed by atoms with van der Waals surface area (Å²) in [4.78, 5) is 21.8. The van der Waals surface area contributed by atoms with Crippen molar-refractivity contribution in [1.29, 1.82) is 0 Å². The number of phenolic OH excluding ortho intramolecular Hbond substituents is 2. The van der Waals surface area contributed by atoms with Crippen LogP contribution < -0.4 is 5.56 Å². The number of nitrogens with zero attached hydrogens (tertiary/aromatic N) is 2. The van der Waals surface area contributed by atoms with E-state index in [1.807, 2.05) is 13.8 Å². The van der Waals surface area contributed by atoms with Crippen molar-refractivity contribution in [2.45, 2.75) is 39.3 Å². The summed E-state index contributed by atoms with van der Waals surface area (Å²) in [7, 11) is 0. The minimum absolute atomic E-state index is 0.0390. The van der Waals surface area contributed by atoms with Gasteiger partial charge in [-0.05, 0) is 6.07 Å². The summed E-state index contributed by atoms with van der Waals surface area (Å²) in [5.74, 6) is 1.04. The molecule has 1 aromatic carbocycles. The first-order valence-corrected chi connectivity index (χ1v) is 7.79. The number of nitrogens with one attached hydrogen (secondary N) is 1. The first-order valence-electron chi connectivity index (χ1n) is 7.79. The zero-order valence-electron chi connectivity index (χ0n) is 13.3. The maximum Gasteiger partial charge on any atom is 0.255 e. The molecule has 122 valence electrons. The third kappa shape index (κ3) is 3.22. The van der Waals surface area contributed by atoms with Gasteiger partial charge in [-0.25, -0.2) is 4.98 Å². The molecule has 1 aromatic heterocycles. The van der Waals surface area contributed by atoms with Crippen molar-refractivity contribution in [1.82, 2.24) is 14.9 Å². The van der Waals surface area contributed by atoms with E-state index in [9.17, 15) is 15.0 Å². The molecule has 0 aliphatic carbocycles. The van der Waals surface area contributed by atoms with Gasteiger partial charge in [0.05, 0.1) is 11.3 Å². The first kappa shape index (κ1) is 15.6. The van der Waals surface area contributed by atoms with Gasteiger partial charge in [-0.15, -0.1) is 0 Å². The van der Waals surface area contributed by atoms with Crippen molar-refractivity contribution < 1.29 is 10.2 Å². The van der Waals surface area contributed by atoms with Crippen molar-refractivity contribution >= 4 is 0 Å². The molecule has 0 spiro atoms. The Morgan fingerprint density at radius 3 is 2.83 bits per heavy atom. The highest BCUT2D eigenvalue weighted by atomic mass is 16.3. The highest BCUT2D eigenvalue weighted by molar-refractivity contribution is 5.39. The van der Waals surface area contributed by atoms with Crippen LogP contribution in [0.15, 0.2) is 23.0 Å². The van der Waals surface area contributed by atoms with Crippen molar-refractivity contribution in [2.75, 3.05) is 6.54 Å². The van der Waals surface area contributed by atoms with Gasteiger partial charge in [-0.1, -0.05) is 19.9 Å². The van der Waals surface area contributed by atoms with E-state index in [1.54, 1.807) is 12.1 Å². The molecule has 1 aliphatic heterocycles. The molecule has 1 aliphatic rings. The molecule has 0 saturated heterocycles. The van der Waals surface area contributed by atoms with Gasteiger partial charge in [0, 0.05) is 43.6 Å². The van der Waals surface area contributed by atoms with E-state index in [-0.39, 0.29) is 23.0 Å². The Balaban J connectivity index is 1.82. The fraction of sp³-hybridized carbons (Fsp3) is 0.412. The Morgan fingerprint density at radius 1 is 1.35 bits per heavy atom. The first-order chi connectivity index (χ1) is 10.9. The van der Waals surface area contributed by atoms with Crippen LogP contribution in [0.4, 0.5) is 0 Å². The Hall–Kier alpha value is -2.34. The number of phenols is 2. The zero-order valence-corrected chi connectivity index (χ0v) is 13.3. The molecule has 0 saturated carbocycles. The number of aromatic amines is 1. The van der Waals surface area contributed by atoms with Crippen molar-refractivity contribution in [3.05, 3.63) is 51.2 Å². The molecule has 0 atom stereocenters. The van der Waals surface area contributed by atoms with Crippen LogP contribution in [0.1, 0.15) is 42.4 Å². The van der Waals surface area contributed by atoms with Gasteiger partial charge in [0.25, 0.3) is 5.56 Å². The van der Waals surface area contributed by atoms with Crippen molar-refractivity contribution in [2.24, 2.45) is 0 Å². The van der Waals surface area contributed by atoms with Gasteiger partial charge >= 0.3 is 0 Å². The quantitative estimate of drug-likeness (QED) is 0.804. The molecule has 3 rings (SSSR count). The van der Waals surface area contributed by atoms with Crippen LogP contribution in [-0.4, -0.2) is 31.6 Å². The Labute approximate surface area is 134 Å². The highest BCUT2D eigenvalue weighted by Gasteiger charge is 2.22. The fourth-order valence-electron chi connectivity index (χ4n) is 2.84. The second kappa shape index (κ2) is 6.04. The van der Waals surface area contributed by atoms with Crippen LogP contribution in [0.3, 0.4) is 0 Å². The average Bonchev–Trinajstić information content (AvgIpc) is 2.50. The van der Waals surface area contributed by atoms with Gasteiger partial charge < -0.3 is 15.2 Å². The van der Waals surface area contributed by atoms with Crippen LogP contribution in [0, 0.1) is 0 Å². The average molecular weight is 315 g/mol. The lowest BCUT2D eigenvalue weighted by Crippen LogP contribution is -2.35. The fourth-order valence-corrected chi connectivity index (χ4v) is 2.84. The van der Waals surface area contributed by atoms with E-state index in [0.717, 1.165) is 30.0 Å². The number of H-pyrrole nitrogens is 1. The van der Waals surface area contributed by atoms with Gasteiger partial charge in [-0.2, -0.15) is 0 Å². The molecule has 0 radical (unpaired) electrons. The Morgan fingerprint density at radius 2 is 2.13 bits per heavy atom. The molecule has 3 N–H and O–H groups in total. The Kier molecular flexibility index (Phi) is 4.09. The monoisotopic (exact) mass is 315 g/mol. The van der Waals surface area contributed by atoms with E-state index in [1.165, 1.54) is 6.07 Å². The normalized spacial score (nSPS) is 14.9. The number of hydrogen-bond acceptors (Lipinski definition) is 5. The third-order valence-corrected chi connectivity index (χ3v) is 4.18. The maximum atomic E-state index is 12.3. The molecule has 0 amide bonds. The van der Waals surface area contributed by atoms with Crippen LogP contribution in [0.5, 0.6) is 11.5 Å². The van der Waals surface area contributed by atoms with E-state index in [2.05, 4.69) is 14.9 Å². The number of rotatable bonds is 3. The lowest BCUT2D eigenvalue weighted by molar-refractivity contribution is 0.238. The van der Waals surface area contributed by atoms with Crippen LogP contribution in [0.2, 0.25) is 0 Å². The second-order valence-electron chi connectivity index (χ2n) is 6.30. The van der Waals surface area contributed by atoms with Crippen LogP contribution in [-0.2, 0) is 19.5 Å². The molecule has 2 heterocycles. The lowest BCUT2D eigenvalue weighted by Gasteiger charge is -2.28. The molecular weight excluding hydrogens is 294 g/mol. The highest BCUT2D eigenvalue weighted by Crippen LogP contribution is 2.25. The summed E-state index contributed by atoms with van der Waals surface area (Å²) in [6, 6.07) is 4.58. The van der Waals surface area contributed by atoms with Crippen molar-refractivity contribution in [3.8, 4) is 11.5 Å². The molecule has 23 heavy (non-hydrogen) atoms. The van der Waals surface area contributed by atoms with Crippen LogP contribution in [0.25, 0.3) is 0 Å². The minimum Gasteiger partial charge on any atom is -0.508 e. The second-order valence-corrected chi connectivity index (χ2v) is 6.30. The predicted octanol–water partition coefficient (Wildman–Crippen LogP) is 1.86. The number of hydrogen-bond donors (Lipinski definition) is 3. The summed E-state index contributed by atoms with van der Waals surface area (Å²) in [6.45, 7) is 5.83. The summed E-state index contributed by atoms with van der Waals surface area (Å²) < 4.78 is 0. The van der Waals surface area contributed by atoms with Gasteiger partial charge in [-0.3, -0.25) is 9.69 Å². The summed E-state index contributed by atoms with van der Waals surface area (Å²) >= 11 is 0. The lowest BCUT2D eigenvalue weighted by atomic mass is 10.0. The van der Waals surface area contributed by atoms with E-state index in [4.69, 9.17) is 0 Å². The topological polar surface area (TPSA) is 89.5 Å². The van der Waals surface area contributed by atoms with E-state index in [0.29, 0.717) is 18.7 Å². The number of fused-ring (bicyclic) bond motifs is 1. The largest absolute Gasteiger partial charge is 0.508 e. The molecular formula is C17H21N3O3. The molecule has 2 aromatic rings. The minimum atomic E-state index is -0.0710.